The second-order valence-electron chi connectivity index (χ2n) is 7.13. The molecular formula is C22H19N5O3. The number of nitrogens with one attached hydrogen (secondary N) is 2. The van der Waals surface area contributed by atoms with Crippen molar-refractivity contribution in [3.8, 4) is 16.9 Å². The van der Waals surface area contributed by atoms with Gasteiger partial charge in [0.1, 0.15) is 12.4 Å². The van der Waals surface area contributed by atoms with Gasteiger partial charge in [-0.25, -0.2) is 9.78 Å². The molecule has 4 aromatic heterocycles. The fraction of sp³-hybridized carbons (Fsp3) is 0.136. The Bertz CT molecular complexity index is 1380. The van der Waals surface area contributed by atoms with Crippen LogP contribution < -0.4 is 16.2 Å². The highest BCUT2D eigenvalue weighted by Crippen LogP contribution is 2.24. The molecule has 0 bridgehead atoms. The Labute approximate surface area is 170 Å². The second-order valence-corrected chi connectivity index (χ2v) is 7.13. The van der Waals surface area contributed by atoms with Gasteiger partial charge in [-0.3, -0.25) is 9.97 Å². The summed E-state index contributed by atoms with van der Waals surface area (Å²) in [6.07, 6.45) is 7.69. The quantitative estimate of drug-likeness (QED) is 0.402. The lowest BCUT2D eigenvalue weighted by Crippen LogP contribution is -2.30. The molecule has 8 heteroatoms. The van der Waals surface area contributed by atoms with Crippen molar-refractivity contribution in [2.75, 3.05) is 6.61 Å². The standard InChI is InChI=1S/C22H19N5O3/c23-16(5-15-10-25-19-4-2-1-3-18(15)19)12-29-17-6-13(8-24-11-17)14-7-20-21(26-9-14)27-22(28)30-20/h1-4,6-11,16,25H,5,12,23H2,(H,26,27,28)/t16-/m1/s1. The van der Waals surface area contributed by atoms with Gasteiger partial charge in [-0.2, -0.15) is 0 Å². The Morgan fingerprint density at radius 2 is 2.00 bits per heavy atom. The predicted octanol–water partition coefficient (Wildman–Crippen LogP) is 3.01. The van der Waals surface area contributed by atoms with Crippen LogP contribution in [0.2, 0.25) is 0 Å². The summed E-state index contributed by atoms with van der Waals surface area (Å²) in [7, 11) is 0. The van der Waals surface area contributed by atoms with Crippen molar-refractivity contribution >= 4 is 22.1 Å². The number of H-pyrrole nitrogens is 2. The topological polar surface area (TPSA) is 123 Å². The van der Waals surface area contributed by atoms with Crippen LogP contribution in [0.3, 0.4) is 0 Å². The van der Waals surface area contributed by atoms with Crippen LogP contribution in [0.4, 0.5) is 0 Å². The van der Waals surface area contributed by atoms with Gasteiger partial charge >= 0.3 is 5.76 Å². The Kier molecular flexibility index (Phi) is 4.53. The van der Waals surface area contributed by atoms with Gasteiger partial charge in [-0.1, -0.05) is 18.2 Å². The van der Waals surface area contributed by atoms with Crippen molar-refractivity contribution in [3.63, 3.8) is 0 Å². The molecule has 0 saturated carbocycles. The summed E-state index contributed by atoms with van der Waals surface area (Å²) in [4.78, 5) is 25.6. The smallest absolute Gasteiger partial charge is 0.418 e. The van der Waals surface area contributed by atoms with E-state index < -0.39 is 5.76 Å². The predicted molar refractivity (Wildman–Crippen MR) is 113 cm³/mol. The Morgan fingerprint density at radius 3 is 2.93 bits per heavy atom. The number of benzene rings is 1. The van der Waals surface area contributed by atoms with Gasteiger partial charge in [-0.05, 0) is 30.2 Å². The number of rotatable bonds is 6. The van der Waals surface area contributed by atoms with Gasteiger partial charge in [0.15, 0.2) is 11.2 Å². The largest absolute Gasteiger partial charge is 0.490 e. The fourth-order valence-corrected chi connectivity index (χ4v) is 3.50. The number of hydrogen-bond acceptors (Lipinski definition) is 6. The molecule has 1 atom stereocenters. The molecule has 0 aliphatic heterocycles. The van der Waals surface area contributed by atoms with Crippen LogP contribution >= 0.6 is 0 Å². The first-order valence-electron chi connectivity index (χ1n) is 9.53. The molecule has 8 nitrogen and oxygen atoms in total. The first kappa shape index (κ1) is 18.1. The zero-order valence-electron chi connectivity index (χ0n) is 16.0. The average Bonchev–Trinajstić information content (AvgIpc) is 3.34. The monoisotopic (exact) mass is 401 g/mol. The number of aromatic nitrogens is 4. The average molecular weight is 401 g/mol. The summed E-state index contributed by atoms with van der Waals surface area (Å²) in [5.74, 6) is 0.0755. The molecule has 30 heavy (non-hydrogen) atoms. The summed E-state index contributed by atoms with van der Waals surface area (Å²) < 4.78 is 11.0. The lowest BCUT2D eigenvalue weighted by atomic mass is 10.1. The number of aromatic amines is 2. The molecule has 0 spiro atoms. The molecule has 0 unspecified atom stereocenters. The zero-order valence-corrected chi connectivity index (χ0v) is 16.0. The van der Waals surface area contributed by atoms with Crippen molar-refractivity contribution in [1.82, 2.24) is 19.9 Å². The molecule has 0 amide bonds. The van der Waals surface area contributed by atoms with Crippen molar-refractivity contribution < 1.29 is 9.15 Å². The summed E-state index contributed by atoms with van der Waals surface area (Å²) in [5.41, 5.74) is 10.9. The maximum atomic E-state index is 11.3. The van der Waals surface area contributed by atoms with E-state index in [0.29, 0.717) is 30.0 Å². The molecule has 0 saturated heterocycles. The van der Waals surface area contributed by atoms with Crippen molar-refractivity contribution in [2.24, 2.45) is 5.73 Å². The van der Waals surface area contributed by atoms with E-state index in [-0.39, 0.29) is 6.04 Å². The summed E-state index contributed by atoms with van der Waals surface area (Å²) in [5, 5.41) is 1.18. The Morgan fingerprint density at radius 1 is 1.13 bits per heavy atom. The molecular weight excluding hydrogens is 382 g/mol. The van der Waals surface area contributed by atoms with Gasteiger partial charge in [0.25, 0.3) is 0 Å². The van der Waals surface area contributed by atoms with Crippen LogP contribution in [0.1, 0.15) is 5.56 Å². The minimum Gasteiger partial charge on any atom is -0.490 e. The first-order valence-corrected chi connectivity index (χ1v) is 9.53. The van der Waals surface area contributed by atoms with E-state index in [9.17, 15) is 4.79 Å². The van der Waals surface area contributed by atoms with E-state index in [4.69, 9.17) is 14.9 Å². The highest BCUT2D eigenvalue weighted by molar-refractivity contribution is 5.83. The maximum Gasteiger partial charge on any atom is 0.418 e. The molecule has 0 aliphatic carbocycles. The Hall–Kier alpha value is -3.91. The Balaban J connectivity index is 1.28. The number of para-hydroxylation sites is 1. The van der Waals surface area contributed by atoms with Crippen LogP contribution in [0, 0.1) is 0 Å². The van der Waals surface area contributed by atoms with E-state index in [1.807, 2.05) is 30.5 Å². The second kappa shape index (κ2) is 7.49. The number of pyridine rings is 2. The normalized spacial score (nSPS) is 12.4. The van der Waals surface area contributed by atoms with Crippen LogP contribution in [0.15, 0.2) is 70.4 Å². The highest BCUT2D eigenvalue weighted by atomic mass is 16.5. The van der Waals surface area contributed by atoms with Gasteiger partial charge in [0.2, 0.25) is 0 Å². The molecule has 1 aromatic carbocycles. The van der Waals surface area contributed by atoms with Gasteiger partial charge in [-0.15, -0.1) is 0 Å². The SMILES string of the molecule is N[C@@H](COc1cncc(-c2cnc3[nH]c(=O)oc3c2)c1)Cc1c[nH]c2ccccc12. The minimum atomic E-state index is -0.533. The number of hydrogen-bond donors (Lipinski definition) is 3. The van der Waals surface area contributed by atoms with Crippen molar-refractivity contribution in [1.29, 1.82) is 0 Å². The van der Waals surface area contributed by atoms with E-state index in [1.165, 1.54) is 10.9 Å². The fourth-order valence-electron chi connectivity index (χ4n) is 3.50. The summed E-state index contributed by atoms with van der Waals surface area (Å²) in [6, 6.07) is 11.6. The third-order valence-electron chi connectivity index (χ3n) is 4.94. The molecule has 0 fully saturated rings. The molecule has 4 heterocycles. The molecule has 0 aliphatic rings. The van der Waals surface area contributed by atoms with Crippen LogP contribution in [-0.4, -0.2) is 32.6 Å². The maximum absolute atomic E-state index is 11.3. The lowest BCUT2D eigenvalue weighted by molar-refractivity contribution is 0.287. The van der Waals surface area contributed by atoms with Crippen molar-refractivity contribution in [2.45, 2.75) is 12.5 Å². The summed E-state index contributed by atoms with van der Waals surface area (Å²) in [6.45, 7) is 0.356. The zero-order chi connectivity index (χ0) is 20.5. The van der Waals surface area contributed by atoms with E-state index in [1.54, 1.807) is 24.7 Å². The van der Waals surface area contributed by atoms with E-state index >= 15 is 0 Å². The van der Waals surface area contributed by atoms with Crippen molar-refractivity contribution in [3.05, 3.63) is 77.3 Å². The third-order valence-corrected chi connectivity index (χ3v) is 4.94. The third kappa shape index (κ3) is 3.56. The van der Waals surface area contributed by atoms with E-state index in [0.717, 1.165) is 16.6 Å². The minimum absolute atomic E-state index is 0.167. The van der Waals surface area contributed by atoms with Gasteiger partial charge in [0, 0.05) is 46.7 Å². The number of ether oxygens (including phenoxy) is 1. The molecule has 150 valence electrons. The number of oxazole rings is 1. The van der Waals surface area contributed by atoms with Crippen LogP contribution in [-0.2, 0) is 6.42 Å². The van der Waals surface area contributed by atoms with Crippen LogP contribution in [0.25, 0.3) is 33.3 Å². The van der Waals surface area contributed by atoms with E-state index in [2.05, 4.69) is 26.0 Å². The number of nitrogens with two attached hydrogens (primary N) is 1. The summed E-state index contributed by atoms with van der Waals surface area (Å²) >= 11 is 0. The first-order chi connectivity index (χ1) is 14.7. The molecule has 0 radical (unpaired) electrons. The molecule has 5 rings (SSSR count). The number of fused-ring (bicyclic) bond motifs is 2. The lowest BCUT2D eigenvalue weighted by Gasteiger charge is -2.13. The van der Waals surface area contributed by atoms with Gasteiger partial charge in [0.05, 0.1) is 6.20 Å². The number of nitrogens with zero attached hydrogens (tertiary/aromatic N) is 2. The van der Waals surface area contributed by atoms with Crippen LogP contribution in [0.5, 0.6) is 5.75 Å². The highest BCUT2D eigenvalue weighted by Gasteiger charge is 2.11. The van der Waals surface area contributed by atoms with Gasteiger partial charge < -0.3 is 19.9 Å². The molecule has 5 aromatic rings. The molecule has 4 N–H and O–H groups in total.